The molecule has 1 unspecified atom stereocenters. The number of halogens is 1. The molecule has 1 atom stereocenters. The van der Waals surface area contributed by atoms with E-state index in [-0.39, 0.29) is 0 Å². The number of hydrogen-bond acceptors (Lipinski definition) is 4. The van der Waals surface area contributed by atoms with Gasteiger partial charge in [-0.3, -0.25) is 9.67 Å². The Bertz CT molecular complexity index is 521. The molecule has 0 saturated heterocycles. The van der Waals surface area contributed by atoms with E-state index in [1.54, 1.807) is 11.3 Å². The second kappa shape index (κ2) is 6.63. The lowest BCUT2D eigenvalue weighted by Gasteiger charge is -2.17. The van der Waals surface area contributed by atoms with Crippen molar-refractivity contribution in [2.24, 2.45) is 0 Å². The highest BCUT2D eigenvalue weighted by Gasteiger charge is 2.19. The van der Waals surface area contributed by atoms with Gasteiger partial charge in [0.1, 0.15) is 0 Å². The number of aromatic nitrogens is 3. The molecule has 0 aromatic carbocycles. The predicted molar refractivity (Wildman–Crippen MR) is 82.6 cm³/mol. The van der Waals surface area contributed by atoms with Crippen LogP contribution in [0.1, 0.15) is 36.2 Å². The third-order valence-electron chi connectivity index (χ3n) is 3.10. The van der Waals surface area contributed by atoms with Crippen molar-refractivity contribution >= 4 is 27.3 Å². The zero-order valence-electron chi connectivity index (χ0n) is 11.5. The molecule has 104 valence electrons. The molecule has 0 aliphatic rings. The Morgan fingerprint density at radius 3 is 2.84 bits per heavy atom. The first-order valence-corrected chi connectivity index (χ1v) is 8.18. The fourth-order valence-corrected chi connectivity index (χ4v) is 3.32. The van der Waals surface area contributed by atoms with Crippen LogP contribution in [0.4, 0.5) is 0 Å². The Balaban J connectivity index is 2.27. The molecule has 0 aliphatic heterocycles. The molecule has 4 nitrogen and oxygen atoms in total. The first-order chi connectivity index (χ1) is 9.17. The fourth-order valence-electron chi connectivity index (χ4n) is 2.17. The van der Waals surface area contributed by atoms with E-state index >= 15 is 0 Å². The number of nitrogens with zero attached hydrogens (tertiary/aromatic N) is 3. The van der Waals surface area contributed by atoms with Gasteiger partial charge in [0.15, 0.2) is 0 Å². The summed E-state index contributed by atoms with van der Waals surface area (Å²) >= 11 is 5.36. The Hall–Kier alpha value is -0.720. The van der Waals surface area contributed by atoms with Crippen LogP contribution >= 0.6 is 27.3 Å². The van der Waals surface area contributed by atoms with Gasteiger partial charge in [-0.2, -0.15) is 5.10 Å². The molecule has 6 heteroatoms. The molecule has 0 amide bonds. The quantitative estimate of drug-likeness (QED) is 0.875. The summed E-state index contributed by atoms with van der Waals surface area (Å²) in [6, 6.07) is 0.301. The lowest BCUT2D eigenvalue weighted by atomic mass is 10.1. The number of thiazole rings is 1. The van der Waals surface area contributed by atoms with Gasteiger partial charge in [0.05, 0.1) is 21.4 Å². The average molecular weight is 343 g/mol. The highest BCUT2D eigenvalue weighted by Crippen LogP contribution is 2.27. The van der Waals surface area contributed by atoms with Gasteiger partial charge in [0.25, 0.3) is 0 Å². The van der Waals surface area contributed by atoms with Crippen molar-refractivity contribution in [1.82, 2.24) is 20.1 Å². The van der Waals surface area contributed by atoms with E-state index < -0.39 is 0 Å². The van der Waals surface area contributed by atoms with Crippen LogP contribution in [0.2, 0.25) is 0 Å². The number of nitrogens with one attached hydrogen (secondary N) is 1. The molecule has 2 rings (SSSR count). The first kappa shape index (κ1) is 14.7. The summed E-state index contributed by atoms with van der Waals surface area (Å²) < 4.78 is 3.20. The second-order valence-corrected chi connectivity index (χ2v) is 6.09. The molecule has 0 spiro atoms. The number of likely N-dealkylation sites (N-methyl/N-ethyl adjacent to an activating group) is 1. The predicted octanol–water partition coefficient (Wildman–Crippen LogP) is 3.32. The van der Waals surface area contributed by atoms with Gasteiger partial charge in [-0.1, -0.05) is 6.92 Å². The Morgan fingerprint density at radius 1 is 1.47 bits per heavy atom. The van der Waals surface area contributed by atoms with E-state index in [1.807, 2.05) is 18.6 Å². The SMILES string of the molecule is CCNC(Cc1c(Br)c(C)nn1CC)c1cncs1. The van der Waals surface area contributed by atoms with E-state index in [0.29, 0.717) is 6.04 Å². The van der Waals surface area contributed by atoms with Crippen molar-refractivity contribution < 1.29 is 0 Å². The van der Waals surface area contributed by atoms with Crippen LogP contribution in [0, 0.1) is 6.92 Å². The van der Waals surface area contributed by atoms with Gasteiger partial charge < -0.3 is 5.32 Å². The van der Waals surface area contributed by atoms with Gasteiger partial charge in [0, 0.05) is 30.1 Å². The van der Waals surface area contributed by atoms with Crippen LogP contribution in [0.5, 0.6) is 0 Å². The Kier molecular flexibility index (Phi) is 5.13. The minimum Gasteiger partial charge on any atom is -0.309 e. The molecule has 2 aromatic heterocycles. The van der Waals surface area contributed by atoms with Crippen LogP contribution in [-0.2, 0) is 13.0 Å². The molecule has 0 aliphatic carbocycles. The van der Waals surface area contributed by atoms with E-state index in [2.05, 4.69) is 49.9 Å². The fraction of sp³-hybridized carbons (Fsp3) is 0.538. The number of hydrogen-bond donors (Lipinski definition) is 1. The third kappa shape index (κ3) is 3.24. The molecule has 0 bridgehead atoms. The molecule has 19 heavy (non-hydrogen) atoms. The van der Waals surface area contributed by atoms with Crippen molar-refractivity contribution in [3.63, 3.8) is 0 Å². The summed E-state index contributed by atoms with van der Waals surface area (Å²) in [6.45, 7) is 8.13. The molecule has 2 aromatic rings. The van der Waals surface area contributed by atoms with E-state index in [0.717, 1.165) is 29.7 Å². The van der Waals surface area contributed by atoms with Gasteiger partial charge in [-0.15, -0.1) is 11.3 Å². The first-order valence-electron chi connectivity index (χ1n) is 6.50. The van der Waals surface area contributed by atoms with Crippen molar-refractivity contribution in [2.45, 2.75) is 39.8 Å². The van der Waals surface area contributed by atoms with Crippen LogP contribution in [0.25, 0.3) is 0 Å². The van der Waals surface area contributed by atoms with Crippen molar-refractivity contribution in [1.29, 1.82) is 0 Å². The largest absolute Gasteiger partial charge is 0.309 e. The Morgan fingerprint density at radius 2 is 2.26 bits per heavy atom. The standard InChI is InChI=1S/C13H19BrN4S/c1-4-16-10(12-7-15-8-19-12)6-11-13(14)9(3)17-18(11)5-2/h7-8,10,16H,4-6H2,1-3H3. The highest BCUT2D eigenvalue weighted by atomic mass is 79.9. The maximum atomic E-state index is 4.55. The van der Waals surface area contributed by atoms with Crippen molar-refractivity contribution in [2.75, 3.05) is 6.54 Å². The maximum absolute atomic E-state index is 4.55. The van der Waals surface area contributed by atoms with Gasteiger partial charge in [0.2, 0.25) is 0 Å². The topological polar surface area (TPSA) is 42.7 Å². The van der Waals surface area contributed by atoms with E-state index in [9.17, 15) is 0 Å². The molecule has 2 heterocycles. The van der Waals surface area contributed by atoms with Crippen molar-refractivity contribution in [3.8, 4) is 0 Å². The van der Waals surface area contributed by atoms with Gasteiger partial charge in [-0.05, 0) is 36.3 Å². The molecule has 0 radical (unpaired) electrons. The lowest BCUT2D eigenvalue weighted by Crippen LogP contribution is -2.23. The normalized spacial score (nSPS) is 12.8. The third-order valence-corrected chi connectivity index (χ3v) is 5.02. The minimum absolute atomic E-state index is 0.301. The van der Waals surface area contributed by atoms with Crippen LogP contribution in [-0.4, -0.2) is 21.3 Å². The molecule has 0 fully saturated rings. The van der Waals surface area contributed by atoms with Crippen LogP contribution in [0.3, 0.4) is 0 Å². The zero-order chi connectivity index (χ0) is 13.8. The van der Waals surface area contributed by atoms with Crippen LogP contribution < -0.4 is 5.32 Å². The molecular weight excluding hydrogens is 324 g/mol. The molecule has 0 saturated carbocycles. The number of rotatable bonds is 6. The van der Waals surface area contributed by atoms with Gasteiger partial charge >= 0.3 is 0 Å². The zero-order valence-corrected chi connectivity index (χ0v) is 13.9. The van der Waals surface area contributed by atoms with E-state index in [4.69, 9.17) is 0 Å². The summed E-state index contributed by atoms with van der Waals surface area (Å²) in [5.41, 5.74) is 4.19. The average Bonchev–Trinajstić information content (AvgIpc) is 3.01. The smallest absolute Gasteiger partial charge is 0.0794 e. The summed E-state index contributed by atoms with van der Waals surface area (Å²) in [4.78, 5) is 5.45. The lowest BCUT2D eigenvalue weighted by molar-refractivity contribution is 0.520. The molecule has 1 N–H and O–H groups in total. The maximum Gasteiger partial charge on any atom is 0.0794 e. The Labute approximate surface area is 126 Å². The summed E-state index contributed by atoms with van der Waals surface area (Å²) in [5.74, 6) is 0. The summed E-state index contributed by atoms with van der Waals surface area (Å²) in [7, 11) is 0. The summed E-state index contributed by atoms with van der Waals surface area (Å²) in [5, 5.41) is 8.08. The van der Waals surface area contributed by atoms with Gasteiger partial charge in [-0.25, -0.2) is 0 Å². The second-order valence-electron chi connectivity index (χ2n) is 4.38. The molecular formula is C13H19BrN4S. The van der Waals surface area contributed by atoms with E-state index in [1.165, 1.54) is 10.6 Å². The van der Waals surface area contributed by atoms with Crippen LogP contribution in [0.15, 0.2) is 16.2 Å². The minimum atomic E-state index is 0.301. The number of aryl methyl sites for hydroxylation is 2. The van der Waals surface area contributed by atoms with Crippen molar-refractivity contribution in [3.05, 3.63) is 32.4 Å². The highest BCUT2D eigenvalue weighted by molar-refractivity contribution is 9.10. The summed E-state index contributed by atoms with van der Waals surface area (Å²) in [6.07, 6.45) is 2.87. The monoisotopic (exact) mass is 342 g/mol.